The summed E-state index contributed by atoms with van der Waals surface area (Å²) in [6, 6.07) is 6.23. The highest BCUT2D eigenvalue weighted by atomic mass is 32.1. The van der Waals surface area contributed by atoms with Crippen LogP contribution in [0.4, 0.5) is 5.69 Å². The first kappa shape index (κ1) is 10.1. The average molecular weight is 191 g/mol. The summed E-state index contributed by atoms with van der Waals surface area (Å²) in [5.41, 5.74) is 3.38. The molecular formula is C11H13NS. The Morgan fingerprint density at radius 1 is 1.38 bits per heavy atom. The zero-order valence-electron chi connectivity index (χ0n) is 8.16. The van der Waals surface area contributed by atoms with Crippen LogP contribution in [0.1, 0.15) is 30.9 Å². The zero-order valence-corrected chi connectivity index (χ0v) is 8.98. The Balaban J connectivity index is 3.26. The smallest absolute Gasteiger partial charge is 0.0776 e. The first-order valence-electron chi connectivity index (χ1n) is 4.33. The number of isothiocyanates is 1. The van der Waals surface area contributed by atoms with Gasteiger partial charge in [0.05, 0.1) is 10.8 Å². The average Bonchev–Trinajstić information content (AvgIpc) is 2.04. The molecule has 0 fully saturated rings. The number of nitrogens with zero attached hydrogens (tertiary/aromatic N) is 1. The zero-order chi connectivity index (χ0) is 9.84. The van der Waals surface area contributed by atoms with Gasteiger partial charge in [-0.15, -0.1) is 0 Å². The number of aryl methyl sites for hydroxylation is 1. The van der Waals surface area contributed by atoms with Gasteiger partial charge < -0.3 is 0 Å². The van der Waals surface area contributed by atoms with Crippen molar-refractivity contribution in [3.63, 3.8) is 0 Å². The van der Waals surface area contributed by atoms with Crippen LogP contribution in [0.3, 0.4) is 0 Å². The molecule has 0 N–H and O–H groups in total. The molecule has 1 nitrogen and oxygen atoms in total. The summed E-state index contributed by atoms with van der Waals surface area (Å²) < 4.78 is 0. The lowest BCUT2D eigenvalue weighted by Crippen LogP contribution is -1.88. The van der Waals surface area contributed by atoms with Crippen LogP contribution < -0.4 is 0 Å². The Labute approximate surface area is 84.5 Å². The van der Waals surface area contributed by atoms with Gasteiger partial charge in [-0.3, -0.25) is 0 Å². The van der Waals surface area contributed by atoms with Gasteiger partial charge in [0, 0.05) is 0 Å². The van der Waals surface area contributed by atoms with E-state index in [-0.39, 0.29) is 0 Å². The van der Waals surface area contributed by atoms with Crippen molar-refractivity contribution in [3.8, 4) is 0 Å². The minimum atomic E-state index is 0.475. The van der Waals surface area contributed by atoms with E-state index in [0.29, 0.717) is 5.92 Å². The summed E-state index contributed by atoms with van der Waals surface area (Å²) in [6.45, 7) is 6.34. The summed E-state index contributed by atoms with van der Waals surface area (Å²) in [7, 11) is 0. The Bertz CT molecular complexity index is 349. The van der Waals surface area contributed by atoms with E-state index in [9.17, 15) is 0 Å². The summed E-state index contributed by atoms with van der Waals surface area (Å²) in [5, 5.41) is 2.41. The summed E-state index contributed by atoms with van der Waals surface area (Å²) >= 11 is 4.61. The third-order valence-electron chi connectivity index (χ3n) is 1.97. The van der Waals surface area contributed by atoms with Crippen LogP contribution >= 0.6 is 12.2 Å². The molecule has 0 amide bonds. The fraction of sp³-hybridized carbons (Fsp3) is 0.364. The van der Waals surface area contributed by atoms with Crippen molar-refractivity contribution in [2.75, 3.05) is 0 Å². The normalized spacial score (nSPS) is 9.85. The molecule has 0 aliphatic carbocycles. The Hall–Kier alpha value is -0.980. The molecule has 0 saturated heterocycles. The predicted molar refractivity (Wildman–Crippen MR) is 60.0 cm³/mol. The van der Waals surface area contributed by atoms with E-state index in [1.807, 2.05) is 13.0 Å². The molecule has 2 heteroatoms. The van der Waals surface area contributed by atoms with Crippen molar-refractivity contribution in [2.24, 2.45) is 4.99 Å². The van der Waals surface area contributed by atoms with Crippen LogP contribution in [0.2, 0.25) is 0 Å². The first-order chi connectivity index (χ1) is 6.15. The second-order valence-corrected chi connectivity index (χ2v) is 3.60. The van der Waals surface area contributed by atoms with Crippen LogP contribution in [-0.4, -0.2) is 5.16 Å². The molecule has 0 aromatic heterocycles. The largest absolute Gasteiger partial charge is 0.194 e. The highest BCUT2D eigenvalue weighted by Crippen LogP contribution is 2.27. The van der Waals surface area contributed by atoms with Crippen molar-refractivity contribution in [1.82, 2.24) is 0 Å². The second kappa shape index (κ2) is 4.31. The van der Waals surface area contributed by atoms with Crippen molar-refractivity contribution < 1.29 is 0 Å². The number of hydrogen-bond acceptors (Lipinski definition) is 2. The third-order valence-corrected chi connectivity index (χ3v) is 2.07. The van der Waals surface area contributed by atoms with E-state index in [1.165, 1.54) is 11.1 Å². The van der Waals surface area contributed by atoms with Crippen molar-refractivity contribution >= 4 is 23.1 Å². The molecule has 0 unspecified atom stereocenters. The quantitative estimate of drug-likeness (QED) is 0.511. The number of rotatable bonds is 2. The van der Waals surface area contributed by atoms with Crippen molar-refractivity contribution in [2.45, 2.75) is 26.7 Å². The van der Waals surface area contributed by atoms with Gasteiger partial charge >= 0.3 is 0 Å². The van der Waals surface area contributed by atoms with Crippen molar-refractivity contribution in [3.05, 3.63) is 29.3 Å². The SMILES string of the molecule is Cc1ccc(C(C)C)c(N=C=S)c1. The van der Waals surface area contributed by atoms with Gasteiger partial charge in [0.1, 0.15) is 0 Å². The van der Waals surface area contributed by atoms with Gasteiger partial charge in [-0.1, -0.05) is 26.0 Å². The minimum absolute atomic E-state index is 0.475. The van der Waals surface area contributed by atoms with Crippen molar-refractivity contribution in [1.29, 1.82) is 0 Å². The highest BCUT2D eigenvalue weighted by Gasteiger charge is 2.04. The molecule has 68 valence electrons. The van der Waals surface area contributed by atoms with Crippen LogP contribution in [0.15, 0.2) is 23.2 Å². The van der Waals surface area contributed by atoms with E-state index >= 15 is 0 Å². The number of aliphatic imine (C=N–C) groups is 1. The number of benzene rings is 1. The van der Waals surface area contributed by atoms with E-state index in [0.717, 1.165) is 5.69 Å². The molecule has 1 rings (SSSR count). The van der Waals surface area contributed by atoms with Gasteiger partial charge in [-0.2, -0.15) is 4.99 Å². The number of hydrogen-bond donors (Lipinski definition) is 0. The Morgan fingerprint density at radius 3 is 2.62 bits per heavy atom. The van der Waals surface area contributed by atoms with Crippen LogP contribution in [0.5, 0.6) is 0 Å². The summed E-state index contributed by atoms with van der Waals surface area (Å²) in [6.07, 6.45) is 0. The maximum absolute atomic E-state index is 4.61. The molecule has 13 heavy (non-hydrogen) atoms. The second-order valence-electron chi connectivity index (χ2n) is 3.42. The van der Waals surface area contributed by atoms with E-state index < -0.39 is 0 Å². The maximum Gasteiger partial charge on any atom is 0.0776 e. The molecule has 0 heterocycles. The summed E-state index contributed by atoms with van der Waals surface area (Å²) in [5.74, 6) is 0.475. The molecular weight excluding hydrogens is 178 g/mol. The molecule has 0 aliphatic rings. The van der Waals surface area contributed by atoms with Crippen LogP contribution in [0, 0.1) is 6.92 Å². The Kier molecular flexibility index (Phi) is 3.35. The maximum atomic E-state index is 4.61. The van der Waals surface area contributed by atoms with Gasteiger partial charge in [-0.25, -0.2) is 0 Å². The van der Waals surface area contributed by atoms with Crippen LogP contribution in [0.25, 0.3) is 0 Å². The van der Waals surface area contributed by atoms with Crippen LogP contribution in [-0.2, 0) is 0 Å². The first-order valence-corrected chi connectivity index (χ1v) is 4.74. The lowest BCUT2D eigenvalue weighted by molar-refractivity contribution is 0.866. The van der Waals surface area contributed by atoms with Gasteiger partial charge in [0.2, 0.25) is 0 Å². The topological polar surface area (TPSA) is 12.4 Å². The van der Waals surface area contributed by atoms with E-state index in [1.54, 1.807) is 0 Å². The van der Waals surface area contributed by atoms with Gasteiger partial charge in [-0.05, 0) is 42.3 Å². The third kappa shape index (κ3) is 2.48. The van der Waals surface area contributed by atoms with E-state index in [2.05, 4.69) is 48.4 Å². The monoisotopic (exact) mass is 191 g/mol. The van der Waals surface area contributed by atoms with E-state index in [4.69, 9.17) is 0 Å². The molecule has 0 saturated carbocycles. The lowest BCUT2D eigenvalue weighted by Gasteiger charge is -2.08. The minimum Gasteiger partial charge on any atom is -0.194 e. The Morgan fingerprint density at radius 2 is 2.08 bits per heavy atom. The highest BCUT2D eigenvalue weighted by molar-refractivity contribution is 7.78. The standard InChI is InChI=1S/C11H13NS/c1-8(2)10-5-4-9(3)6-11(10)12-7-13/h4-6,8H,1-3H3. The van der Waals surface area contributed by atoms with Gasteiger partial charge in [0.25, 0.3) is 0 Å². The fourth-order valence-electron chi connectivity index (χ4n) is 1.29. The molecule has 0 spiro atoms. The molecule has 0 radical (unpaired) electrons. The molecule has 0 bridgehead atoms. The number of thiocarbonyl (C=S) groups is 1. The summed E-state index contributed by atoms with van der Waals surface area (Å²) in [4.78, 5) is 4.05. The lowest BCUT2D eigenvalue weighted by atomic mass is 10.00. The fourth-order valence-corrected chi connectivity index (χ4v) is 1.39. The predicted octanol–water partition coefficient (Wildman–Crippen LogP) is 3.85. The molecule has 0 atom stereocenters. The van der Waals surface area contributed by atoms with Gasteiger partial charge in [0.15, 0.2) is 0 Å². The molecule has 0 aliphatic heterocycles. The molecule has 1 aromatic carbocycles. The molecule has 1 aromatic rings.